The number of pyridine rings is 1. The van der Waals surface area contributed by atoms with E-state index in [2.05, 4.69) is 15.2 Å². The maximum Gasteiger partial charge on any atom is 0.418 e. The fourth-order valence-electron chi connectivity index (χ4n) is 3.08. The molecule has 2 aromatic rings. The van der Waals surface area contributed by atoms with E-state index in [1.807, 2.05) is 23.1 Å². The zero-order valence-corrected chi connectivity index (χ0v) is 15.8. The number of amides is 1. The van der Waals surface area contributed by atoms with Crippen LogP contribution in [0.2, 0.25) is 5.02 Å². The number of rotatable bonds is 5. The van der Waals surface area contributed by atoms with Gasteiger partial charge >= 0.3 is 6.18 Å². The Morgan fingerprint density at radius 2 is 1.82 bits per heavy atom. The van der Waals surface area contributed by atoms with Crippen LogP contribution in [-0.4, -0.2) is 53.4 Å². The molecule has 3 rings (SSSR count). The molecule has 1 saturated heterocycles. The van der Waals surface area contributed by atoms with Gasteiger partial charge in [-0.1, -0.05) is 17.7 Å². The number of hydrogen-bond acceptors (Lipinski definition) is 4. The first-order valence-corrected chi connectivity index (χ1v) is 9.20. The van der Waals surface area contributed by atoms with E-state index in [-0.39, 0.29) is 17.3 Å². The number of benzene rings is 1. The molecular weight excluding hydrogens is 393 g/mol. The average Bonchev–Trinajstić information content (AvgIpc) is 2.65. The standard InChI is InChI=1S/C19H20ClF3N4O/c20-14-4-5-17(16(11-14)19(21,22)23)25-18(28)13-27-9-7-26(8-10-27)12-15-3-1-2-6-24-15/h1-6,11H,7-10,12-13H2,(H,25,28). The minimum Gasteiger partial charge on any atom is -0.324 e. The molecule has 0 spiro atoms. The number of aromatic nitrogens is 1. The van der Waals surface area contributed by atoms with Crippen molar-refractivity contribution in [3.63, 3.8) is 0 Å². The van der Waals surface area contributed by atoms with E-state index in [4.69, 9.17) is 11.6 Å². The molecule has 1 aromatic heterocycles. The highest BCUT2D eigenvalue weighted by Gasteiger charge is 2.34. The van der Waals surface area contributed by atoms with Gasteiger partial charge in [0.05, 0.1) is 23.5 Å². The van der Waals surface area contributed by atoms with Crippen molar-refractivity contribution in [2.45, 2.75) is 12.7 Å². The molecular formula is C19H20ClF3N4O. The molecule has 1 fully saturated rings. The summed E-state index contributed by atoms with van der Waals surface area (Å²) in [6.45, 7) is 3.62. The third-order valence-corrected chi connectivity index (χ3v) is 4.74. The highest BCUT2D eigenvalue weighted by Crippen LogP contribution is 2.36. The second kappa shape index (κ2) is 8.89. The molecule has 1 aliphatic rings. The maximum atomic E-state index is 13.1. The summed E-state index contributed by atoms with van der Waals surface area (Å²) in [6.07, 6.45) is -2.84. The minimum absolute atomic E-state index is 0.0330. The molecule has 0 radical (unpaired) electrons. The predicted octanol–water partition coefficient (Wildman–Crippen LogP) is 3.51. The number of carbonyl (C=O) groups excluding carboxylic acids is 1. The Hall–Kier alpha value is -2.16. The van der Waals surface area contributed by atoms with Crippen molar-refractivity contribution in [1.29, 1.82) is 0 Å². The molecule has 2 heterocycles. The molecule has 1 amide bonds. The summed E-state index contributed by atoms with van der Waals surface area (Å²) < 4.78 is 39.4. The number of carbonyl (C=O) groups is 1. The summed E-state index contributed by atoms with van der Waals surface area (Å²) in [5.74, 6) is -0.481. The van der Waals surface area contributed by atoms with Crippen LogP contribution in [0.25, 0.3) is 0 Å². The van der Waals surface area contributed by atoms with Crippen molar-refractivity contribution in [3.8, 4) is 0 Å². The quantitative estimate of drug-likeness (QED) is 0.816. The van der Waals surface area contributed by atoms with Gasteiger partial charge in [0.25, 0.3) is 0 Å². The summed E-state index contributed by atoms with van der Waals surface area (Å²) in [7, 11) is 0. The van der Waals surface area contributed by atoms with E-state index >= 15 is 0 Å². The van der Waals surface area contributed by atoms with Crippen LogP contribution in [0.3, 0.4) is 0 Å². The Labute approximate surface area is 166 Å². The van der Waals surface area contributed by atoms with Gasteiger partial charge in [-0.2, -0.15) is 13.2 Å². The van der Waals surface area contributed by atoms with E-state index in [1.54, 1.807) is 6.20 Å². The number of nitrogens with one attached hydrogen (secondary N) is 1. The lowest BCUT2D eigenvalue weighted by Gasteiger charge is -2.34. The number of piperazine rings is 1. The average molecular weight is 413 g/mol. The molecule has 28 heavy (non-hydrogen) atoms. The van der Waals surface area contributed by atoms with Crippen molar-refractivity contribution in [1.82, 2.24) is 14.8 Å². The molecule has 0 unspecified atom stereocenters. The van der Waals surface area contributed by atoms with E-state index in [0.717, 1.165) is 31.4 Å². The first-order valence-electron chi connectivity index (χ1n) is 8.82. The van der Waals surface area contributed by atoms with Crippen LogP contribution in [0, 0.1) is 0 Å². The molecule has 150 valence electrons. The Morgan fingerprint density at radius 3 is 2.46 bits per heavy atom. The summed E-state index contributed by atoms with van der Waals surface area (Å²) in [6, 6.07) is 9.08. The molecule has 1 aromatic carbocycles. The summed E-state index contributed by atoms with van der Waals surface area (Å²) >= 11 is 5.66. The van der Waals surface area contributed by atoms with Crippen LogP contribution < -0.4 is 5.32 Å². The lowest BCUT2D eigenvalue weighted by atomic mass is 10.1. The van der Waals surface area contributed by atoms with E-state index in [0.29, 0.717) is 13.1 Å². The number of nitrogens with zero attached hydrogens (tertiary/aromatic N) is 3. The highest BCUT2D eigenvalue weighted by atomic mass is 35.5. The Bertz CT molecular complexity index is 809. The van der Waals surface area contributed by atoms with Gasteiger partial charge in [-0.3, -0.25) is 19.6 Å². The third kappa shape index (κ3) is 5.67. The van der Waals surface area contributed by atoms with Gasteiger partial charge in [0, 0.05) is 43.9 Å². The molecule has 5 nitrogen and oxygen atoms in total. The molecule has 1 N–H and O–H groups in total. The lowest BCUT2D eigenvalue weighted by molar-refractivity contribution is -0.137. The summed E-state index contributed by atoms with van der Waals surface area (Å²) in [4.78, 5) is 20.7. The molecule has 0 aliphatic carbocycles. The number of halogens is 4. The SMILES string of the molecule is O=C(CN1CCN(Cc2ccccn2)CC1)Nc1ccc(Cl)cc1C(F)(F)F. The molecule has 1 aliphatic heterocycles. The minimum atomic E-state index is -4.59. The van der Waals surface area contributed by atoms with E-state index < -0.39 is 17.6 Å². The van der Waals surface area contributed by atoms with Crippen LogP contribution in [0.15, 0.2) is 42.6 Å². The maximum absolute atomic E-state index is 13.1. The monoisotopic (exact) mass is 412 g/mol. The normalized spacial score (nSPS) is 16.1. The van der Waals surface area contributed by atoms with Crippen LogP contribution in [0.4, 0.5) is 18.9 Å². The van der Waals surface area contributed by atoms with Crippen molar-refractivity contribution in [2.75, 3.05) is 38.0 Å². The lowest BCUT2D eigenvalue weighted by Crippen LogP contribution is -2.48. The smallest absolute Gasteiger partial charge is 0.324 e. The molecule has 0 atom stereocenters. The van der Waals surface area contributed by atoms with Gasteiger partial charge in [0.2, 0.25) is 5.91 Å². The first kappa shape index (κ1) is 20.6. The van der Waals surface area contributed by atoms with Crippen LogP contribution in [0.5, 0.6) is 0 Å². The van der Waals surface area contributed by atoms with Crippen LogP contribution in [-0.2, 0) is 17.5 Å². The Morgan fingerprint density at radius 1 is 1.11 bits per heavy atom. The second-order valence-electron chi connectivity index (χ2n) is 6.61. The molecule has 0 saturated carbocycles. The van der Waals surface area contributed by atoms with Gasteiger partial charge in [-0.05, 0) is 30.3 Å². The van der Waals surface area contributed by atoms with Crippen molar-refractivity contribution < 1.29 is 18.0 Å². The molecule has 0 bridgehead atoms. The van der Waals surface area contributed by atoms with E-state index in [9.17, 15) is 18.0 Å². The Balaban J connectivity index is 1.51. The predicted molar refractivity (Wildman–Crippen MR) is 101 cm³/mol. The summed E-state index contributed by atoms with van der Waals surface area (Å²) in [5.41, 5.74) is -0.250. The molecule has 9 heteroatoms. The number of alkyl halides is 3. The third-order valence-electron chi connectivity index (χ3n) is 4.50. The van der Waals surface area contributed by atoms with Crippen LogP contribution in [0.1, 0.15) is 11.3 Å². The van der Waals surface area contributed by atoms with Crippen molar-refractivity contribution in [2.24, 2.45) is 0 Å². The highest BCUT2D eigenvalue weighted by molar-refractivity contribution is 6.30. The first-order chi connectivity index (χ1) is 13.3. The Kier molecular flexibility index (Phi) is 6.53. The van der Waals surface area contributed by atoms with Gasteiger partial charge in [0.15, 0.2) is 0 Å². The fourth-order valence-corrected chi connectivity index (χ4v) is 3.25. The second-order valence-corrected chi connectivity index (χ2v) is 7.05. The van der Waals surface area contributed by atoms with Gasteiger partial charge in [-0.25, -0.2) is 0 Å². The van der Waals surface area contributed by atoms with Gasteiger partial charge < -0.3 is 5.32 Å². The van der Waals surface area contributed by atoms with Gasteiger partial charge in [-0.15, -0.1) is 0 Å². The van der Waals surface area contributed by atoms with Crippen molar-refractivity contribution >= 4 is 23.2 Å². The van der Waals surface area contributed by atoms with Crippen LogP contribution >= 0.6 is 11.6 Å². The topological polar surface area (TPSA) is 48.5 Å². The summed E-state index contributed by atoms with van der Waals surface area (Å²) in [5, 5.41) is 2.33. The number of anilines is 1. The van der Waals surface area contributed by atoms with E-state index in [1.165, 1.54) is 12.1 Å². The number of hydrogen-bond donors (Lipinski definition) is 1. The van der Waals surface area contributed by atoms with Crippen molar-refractivity contribution in [3.05, 3.63) is 58.9 Å². The fraction of sp³-hybridized carbons (Fsp3) is 0.368. The zero-order chi connectivity index (χ0) is 20.1. The largest absolute Gasteiger partial charge is 0.418 e. The zero-order valence-electron chi connectivity index (χ0n) is 15.0. The van der Waals surface area contributed by atoms with Gasteiger partial charge in [0.1, 0.15) is 0 Å².